The first-order valence-electron chi connectivity index (χ1n) is 12.4. The van der Waals surface area contributed by atoms with Gasteiger partial charge in [0.2, 0.25) is 0 Å². The Morgan fingerprint density at radius 2 is 1.69 bits per heavy atom. The molecule has 2 unspecified atom stereocenters. The van der Waals surface area contributed by atoms with Crippen LogP contribution in [0.3, 0.4) is 0 Å². The van der Waals surface area contributed by atoms with Crippen LogP contribution in [0.25, 0.3) is 0 Å². The van der Waals surface area contributed by atoms with Crippen molar-refractivity contribution in [1.29, 1.82) is 0 Å². The smallest absolute Gasteiger partial charge is 0.396 e. The molecule has 3 fully saturated rings. The number of ether oxygens (including phenoxy) is 1. The first-order chi connectivity index (χ1) is 17.2. The quantitative estimate of drug-likeness (QED) is 0.445. The second-order valence-corrected chi connectivity index (χ2v) is 9.99. The highest BCUT2D eigenvalue weighted by Crippen LogP contribution is 2.48. The number of halogens is 5. The topological polar surface area (TPSA) is 67.6 Å². The Morgan fingerprint density at radius 1 is 1.08 bits per heavy atom. The monoisotopic (exact) mass is 515 g/mol. The summed E-state index contributed by atoms with van der Waals surface area (Å²) in [5, 5.41) is 2.26. The van der Waals surface area contributed by atoms with Crippen molar-refractivity contribution in [1.82, 2.24) is 4.98 Å². The zero-order valence-electron chi connectivity index (χ0n) is 19.7. The van der Waals surface area contributed by atoms with Gasteiger partial charge in [-0.05, 0) is 50.4 Å². The van der Waals surface area contributed by atoms with Crippen molar-refractivity contribution in [2.45, 2.75) is 70.1 Å². The van der Waals surface area contributed by atoms with E-state index in [0.717, 1.165) is 63.5 Å². The minimum Gasteiger partial charge on any atom is -0.484 e. The van der Waals surface area contributed by atoms with Crippen molar-refractivity contribution < 1.29 is 37.3 Å². The maximum atomic E-state index is 14.7. The number of hydrogen-bond donors (Lipinski definition) is 1. The van der Waals surface area contributed by atoms with Gasteiger partial charge in [0.15, 0.2) is 23.1 Å². The van der Waals surface area contributed by atoms with Crippen LogP contribution in [0.5, 0.6) is 5.75 Å². The highest BCUT2D eigenvalue weighted by Gasteiger charge is 2.42. The molecule has 11 heteroatoms. The molecule has 198 valence electrons. The molecule has 0 radical (unpaired) electrons. The van der Waals surface area contributed by atoms with Crippen LogP contribution in [0.15, 0.2) is 16.5 Å². The van der Waals surface area contributed by atoms with Crippen molar-refractivity contribution in [3.05, 3.63) is 35.2 Å². The van der Waals surface area contributed by atoms with Crippen molar-refractivity contribution in [3.63, 3.8) is 0 Å². The van der Waals surface area contributed by atoms with Gasteiger partial charge in [-0.3, -0.25) is 4.79 Å². The SMILES string of the molecule is O=C(Nc1cc(F)c(OC2CC3CCC3C2)c(F)c1)c1nc(N2CCCCCC2)oc1CC(F)(F)F.[HH]. The zero-order chi connectivity index (χ0) is 25.4. The Hall–Kier alpha value is -2.85. The lowest BCUT2D eigenvalue weighted by Gasteiger charge is -2.28. The van der Waals surface area contributed by atoms with E-state index in [1.165, 1.54) is 0 Å². The van der Waals surface area contributed by atoms with Gasteiger partial charge in [-0.15, -0.1) is 0 Å². The number of amides is 1. The Kier molecular flexibility index (Phi) is 6.82. The number of benzene rings is 1. The van der Waals surface area contributed by atoms with Crippen LogP contribution < -0.4 is 15.0 Å². The molecule has 0 spiro atoms. The number of rotatable bonds is 6. The Bertz CT molecular complexity index is 1080. The third kappa shape index (κ3) is 5.44. The third-order valence-electron chi connectivity index (χ3n) is 7.39. The maximum Gasteiger partial charge on any atom is 0.396 e. The number of alkyl halides is 3. The number of nitrogens with one attached hydrogen (secondary N) is 1. The number of oxazole rings is 1. The second kappa shape index (κ2) is 9.89. The molecule has 2 aliphatic carbocycles. The normalized spacial score (nSPS) is 24.1. The molecule has 2 atom stereocenters. The first kappa shape index (κ1) is 24.8. The zero-order valence-corrected chi connectivity index (χ0v) is 19.7. The fraction of sp³-hybridized carbons (Fsp3) is 0.600. The molecular weight excluding hydrogens is 485 g/mol. The lowest BCUT2D eigenvalue weighted by atomic mass is 9.77. The summed E-state index contributed by atoms with van der Waals surface area (Å²) in [6, 6.07) is 1.71. The molecule has 2 aromatic rings. The highest BCUT2D eigenvalue weighted by atomic mass is 19.4. The van der Waals surface area contributed by atoms with Gasteiger partial charge in [0, 0.05) is 32.3 Å². The maximum absolute atomic E-state index is 14.7. The van der Waals surface area contributed by atoms with E-state index in [9.17, 15) is 26.7 Å². The molecule has 36 heavy (non-hydrogen) atoms. The van der Waals surface area contributed by atoms with E-state index < -0.39 is 47.3 Å². The molecule has 0 bridgehead atoms. The minimum absolute atomic E-state index is 0. The minimum atomic E-state index is -4.64. The molecular formula is C25H30F5N3O3. The summed E-state index contributed by atoms with van der Waals surface area (Å²) in [6.45, 7) is 1.10. The van der Waals surface area contributed by atoms with E-state index in [1.807, 2.05) is 0 Å². The summed E-state index contributed by atoms with van der Waals surface area (Å²) >= 11 is 0. The average molecular weight is 516 g/mol. The highest BCUT2D eigenvalue weighted by molar-refractivity contribution is 6.03. The Balaban J connectivity index is 0.00000320. The second-order valence-electron chi connectivity index (χ2n) is 9.99. The van der Waals surface area contributed by atoms with Gasteiger partial charge in [0.1, 0.15) is 12.2 Å². The average Bonchev–Trinajstić information content (AvgIpc) is 3.17. The fourth-order valence-corrected chi connectivity index (χ4v) is 5.44. The molecule has 1 aromatic carbocycles. The van der Waals surface area contributed by atoms with Gasteiger partial charge in [-0.1, -0.05) is 12.8 Å². The summed E-state index contributed by atoms with van der Waals surface area (Å²) < 4.78 is 79.8. The predicted octanol–water partition coefficient (Wildman–Crippen LogP) is 6.50. The fourth-order valence-electron chi connectivity index (χ4n) is 5.44. The van der Waals surface area contributed by atoms with Crippen LogP contribution in [0.2, 0.25) is 0 Å². The van der Waals surface area contributed by atoms with E-state index in [2.05, 4.69) is 10.3 Å². The van der Waals surface area contributed by atoms with Crippen LogP contribution in [-0.2, 0) is 6.42 Å². The van der Waals surface area contributed by atoms with Crippen LogP contribution in [0, 0.1) is 23.5 Å². The van der Waals surface area contributed by atoms with Gasteiger partial charge in [0.05, 0.1) is 6.10 Å². The van der Waals surface area contributed by atoms with Crippen molar-refractivity contribution in [2.24, 2.45) is 11.8 Å². The first-order valence-corrected chi connectivity index (χ1v) is 12.4. The lowest BCUT2D eigenvalue weighted by Crippen LogP contribution is -2.24. The van der Waals surface area contributed by atoms with Gasteiger partial charge < -0.3 is 19.4 Å². The van der Waals surface area contributed by atoms with E-state index in [1.54, 1.807) is 4.90 Å². The molecule has 1 N–H and O–H groups in total. The van der Waals surface area contributed by atoms with Crippen LogP contribution in [-0.4, -0.2) is 36.3 Å². The largest absolute Gasteiger partial charge is 0.484 e. The summed E-state index contributed by atoms with van der Waals surface area (Å²) in [5.41, 5.74) is -0.819. The summed E-state index contributed by atoms with van der Waals surface area (Å²) in [5.74, 6) is -3.09. The van der Waals surface area contributed by atoms with Crippen LogP contribution in [0.4, 0.5) is 33.7 Å². The molecule has 5 rings (SSSR count). The molecule has 3 aliphatic rings. The van der Waals surface area contributed by atoms with E-state index in [0.29, 0.717) is 24.9 Å². The van der Waals surface area contributed by atoms with Gasteiger partial charge in [-0.25, -0.2) is 8.78 Å². The van der Waals surface area contributed by atoms with E-state index in [4.69, 9.17) is 9.15 Å². The molecule has 1 aromatic heterocycles. The molecule has 1 amide bonds. The Morgan fingerprint density at radius 3 is 2.25 bits per heavy atom. The number of aromatic nitrogens is 1. The lowest BCUT2D eigenvalue weighted by molar-refractivity contribution is -0.130. The van der Waals surface area contributed by atoms with Crippen molar-refractivity contribution in [3.8, 4) is 5.75 Å². The van der Waals surface area contributed by atoms with Gasteiger partial charge in [0.25, 0.3) is 11.9 Å². The molecule has 6 nitrogen and oxygen atoms in total. The standard InChI is InChI=1S/C25H28F5N3O3.H2/c26-18-11-16(12-19(27)22(18)35-17-9-14-5-6-15(14)10-17)31-23(34)21-20(13-25(28,29)30)36-24(32-21)33-7-3-1-2-4-8-33;/h11-12,14-15,17H,1-10,13H2,(H,31,34);1H. The van der Waals surface area contributed by atoms with E-state index >= 15 is 0 Å². The van der Waals surface area contributed by atoms with Crippen LogP contribution >= 0.6 is 0 Å². The number of carbonyl (C=O) groups excluding carboxylic acids is 1. The summed E-state index contributed by atoms with van der Waals surface area (Å²) in [7, 11) is 0. The summed E-state index contributed by atoms with van der Waals surface area (Å²) in [4.78, 5) is 18.6. The molecule has 1 saturated heterocycles. The number of anilines is 2. The summed E-state index contributed by atoms with van der Waals surface area (Å²) in [6.07, 6.45) is 0.974. The Labute approximate surface area is 206 Å². The van der Waals surface area contributed by atoms with Crippen molar-refractivity contribution >= 4 is 17.6 Å². The number of carbonyl (C=O) groups is 1. The van der Waals surface area contributed by atoms with Crippen LogP contribution in [0.1, 0.15) is 69.0 Å². The van der Waals surface area contributed by atoms with Crippen molar-refractivity contribution in [2.75, 3.05) is 23.3 Å². The third-order valence-corrected chi connectivity index (χ3v) is 7.39. The molecule has 2 heterocycles. The number of hydrogen-bond acceptors (Lipinski definition) is 5. The predicted molar refractivity (Wildman–Crippen MR) is 123 cm³/mol. The van der Waals surface area contributed by atoms with Gasteiger partial charge in [-0.2, -0.15) is 18.2 Å². The van der Waals surface area contributed by atoms with E-state index in [-0.39, 0.29) is 19.2 Å². The molecule has 1 aliphatic heterocycles. The van der Waals surface area contributed by atoms with Gasteiger partial charge >= 0.3 is 6.18 Å². The molecule has 2 saturated carbocycles. The number of nitrogens with zero attached hydrogens (tertiary/aromatic N) is 2. The number of fused-ring (bicyclic) bond motifs is 1.